The fourth-order valence-corrected chi connectivity index (χ4v) is 1.77. The number of halogens is 4. The smallest absolute Gasteiger partial charge is 0.417 e. The number of rotatable bonds is 3. The van der Waals surface area contributed by atoms with E-state index in [0.717, 1.165) is 6.21 Å². The molecular formula is C13H9ClF3N3O3. The largest absolute Gasteiger partial charge is 0.507 e. The van der Waals surface area contributed by atoms with Crippen LogP contribution in [0, 0.1) is 6.92 Å². The van der Waals surface area contributed by atoms with Gasteiger partial charge in [-0.05, 0) is 13.0 Å². The Morgan fingerprint density at radius 3 is 2.70 bits per heavy atom. The van der Waals surface area contributed by atoms with Crippen molar-refractivity contribution in [3.05, 3.63) is 50.7 Å². The number of anilines is 1. The minimum Gasteiger partial charge on any atom is -0.507 e. The van der Waals surface area contributed by atoms with Gasteiger partial charge in [0.25, 0.3) is 0 Å². The first-order valence-corrected chi connectivity index (χ1v) is 6.42. The molecule has 0 aliphatic rings. The van der Waals surface area contributed by atoms with Gasteiger partial charge in [-0.1, -0.05) is 11.6 Å². The van der Waals surface area contributed by atoms with Crippen LogP contribution in [-0.2, 0) is 6.18 Å². The van der Waals surface area contributed by atoms with Crippen molar-refractivity contribution in [2.24, 2.45) is 5.10 Å². The molecule has 2 aromatic heterocycles. The lowest BCUT2D eigenvalue weighted by molar-refractivity contribution is -0.137. The maximum atomic E-state index is 12.5. The second-order valence-electron chi connectivity index (χ2n) is 4.37. The van der Waals surface area contributed by atoms with Crippen molar-refractivity contribution in [1.82, 2.24) is 4.98 Å². The van der Waals surface area contributed by atoms with Crippen LogP contribution in [-0.4, -0.2) is 16.3 Å². The van der Waals surface area contributed by atoms with Crippen molar-refractivity contribution in [2.75, 3.05) is 5.43 Å². The molecule has 0 unspecified atom stereocenters. The first-order chi connectivity index (χ1) is 10.7. The summed E-state index contributed by atoms with van der Waals surface area (Å²) in [6.07, 6.45) is -3.04. The zero-order valence-electron chi connectivity index (χ0n) is 11.5. The maximum absolute atomic E-state index is 12.5. The first-order valence-electron chi connectivity index (χ1n) is 6.04. The number of aromatic nitrogens is 1. The number of alkyl halides is 3. The fraction of sp³-hybridized carbons (Fsp3) is 0.154. The third kappa shape index (κ3) is 4.01. The lowest BCUT2D eigenvalue weighted by Gasteiger charge is -2.08. The number of hydrogen-bond acceptors (Lipinski definition) is 6. The Morgan fingerprint density at radius 1 is 1.43 bits per heavy atom. The Labute approximate surface area is 132 Å². The second kappa shape index (κ2) is 6.29. The molecule has 2 rings (SSSR count). The summed E-state index contributed by atoms with van der Waals surface area (Å²) in [4.78, 5) is 15.0. The number of aryl methyl sites for hydroxylation is 1. The van der Waals surface area contributed by atoms with E-state index in [9.17, 15) is 23.1 Å². The van der Waals surface area contributed by atoms with Crippen LogP contribution in [0.25, 0.3) is 0 Å². The summed E-state index contributed by atoms with van der Waals surface area (Å²) >= 11 is 5.67. The molecule has 0 fully saturated rings. The molecule has 122 valence electrons. The molecule has 0 radical (unpaired) electrons. The highest BCUT2D eigenvalue weighted by atomic mass is 35.5. The standard InChI is InChI=1S/C13H9ClF3N3O3/c1-6-2-10(21)8(12(22)23-6)5-19-20-11-9(14)3-7(4-18-11)13(15,16)17/h2-5,21H,1H3,(H,18,20)/b19-5+. The Morgan fingerprint density at radius 2 is 2.13 bits per heavy atom. The van der Waals surface area contributed by atoms with Gasteiger partial charge >= 0.3 is 11.8 Å². The molecule has 0 spiro atoms. The number of aromatic hydroxyl groups is 1. The van der Waals surface area contributed by atoms with Crippen molar-refractivity contribution >= 4 is 23.6 Å². The molecule has 6 nitrogen and oxygen atoms in total. The third-order valence-corrected chi connectivity index (χ3v) is 2.91. The number of hydrazone groups is 1. The van der Waals surface area contributed by atoms with E-state index in [1.54, 1.807) is 0 Å². The van der Waals surface area contributed by atoms with Crippen molar-refractivity contribution < 1.29 is 22.7 Å². The van der Waals surface area contributed by atoms with Gasteiger partial charge in [-0.15, -0.1) is 0 Å². The van der Waals surface area contributed by atoms with Gasteiger partial charge in [-0.3, -0.25) is 5.43 Å². The Hall–Kier alpha value is -2.55. The predicted octanol–water partition coefficient (Wildman–Crippen LogP) is 3.17. The highest BCUT2D eigenvalue weighted by Crippen LogP contribution is 2.32. The summed E-state index contributed by atoms with van der Waals surface area (Å²) in [5.41, 5.74) is 0.221. The normalized spacial score (nSPS) is 11.9. The van der Waals surface area contributed by atoms with Crippen LogP contribution in [0.2, 0.25) is 5.02 Å². The van der Waals surface area contributed by atoms with Gasteiger partial charge in [0.2, 0.25) is 0 Å². The van der Waals surface area contributed by atoms with Crippen molar-refractivity contribution in [3.8, 4) is 5.75 Å². The summed E-state index contributed by atoms with van der Waals surface area (Å²) in [7, 11) is 0. The molecule has 0 atom stereocenters. The van der Waals surface area contributed by atoms with Gasteiger partial charge in [0, 0.05) is 12.3 Å². The van der Waals surface area contributed by atoms with Gasteiger partial charge in [-0.2, -0.15) is 18.3 Å². The van der Waals surface area contributed by atoms with Gasteiger partial charge in [0.05, 0.1) is 16.8 Å². The monoisotopic (exact) mass is 347 g/mol. The van der Waals surface area contributed by atoms with Gasteiger partial charge in [0.1, 0.15) is 17.1 Å². The minimum atomic E-state index is -4.56. The summed E-state index contributed by atoms with van der Waals surface area (Å²) in [5, 5.41) is 12.9. The summed E-state index contributed by atoms with van der Waals surface area (Å²) in [5.74, 6) is -0.284. The van der Waals surface area contributed by atoms with Crippen LogP contribution in [0.1, 0.15) is 16.9 Å². The predicted molar refractivity (Wildman–Crippen MR) is 76.8 cm³/mol. The van der Waals surface area contributed by atoms with Crippen LogP contribution < -0.4 is 11.1 Å². The highest BCUT2D eigenvalue weighted by Gasteiger charge is 2.31. The molecule has 0 aliphatic carbocycles. The zero-order chi connectivity index (χ0) is 17.2. The van der Waals surface area contributed by atoms with Crippen molar-refractivity contribution in [3.63, 3.8) is 0 Å². The quantitative estimate of drug-likeness (QED) is 0.657. The minimum absolute atomic E-state index is 0.146. The molecule has 10 heteroatoms. The molecule has 0 saturated heterocycles. The number of nitrogens with zero attached hydrogens (tertiary/aromatic N) is 2. The van der Waals surface area contributed by atoms with E-state index in [1.807, 2.05) is 0 Å². The van der Waals surface area contributed by atoms with Crippen LogP contribution in [0.4, 0.5) is 19.0 Å². The molecule has 0 aromatic carbocycles. The molecule has 0 aliphatic heterocycles. The first kappa shape index (κ1) is 16.8. The fourth-order valence-electron chi connectivity index (χ4n) is 1.56. The number of pyridine rings is 1. The van der Waals surface area contributed by atoms with E-state index >= 15 is 0 Å². The molecule has 0 bridgehead atoms. The topological polar surface area (TPSA) is 87.7 Å². The zero-order valence-corrected chi connectivity index (χ0v) is 12.2. The van der Waals surface area contributed by atoms with E-state index < -0.39 is 17.4 Å². The summed E-state index contributed by atoms with van der Waals surface area (Å²) in [6, 6.07) is 1.90. The molecule has 2 heterocycles. The molecular weight excluding hydrogens is 339 g/mol. The van der Waals surface area contributed by atoms with Crippen LogP contribution in [0.3, 0.4) is 0 Å². The Balaban J connectivity index is 2.20. The average molecular weight is 348 g/mol. The lowest BCUT2D eigenvalue weighted by Crippen LogP contribution is -2.09. The maximum Gasteiger partial charge on any atom is 0.417 e. The van der Waals surface area contributed by atoms with Crippen molar-refractivity contribution in [1.29, 1.82) is 0 Å². The number of hydrogen-bond donors (Lipinski definition) is 2. The molecule has 0 saturated carbocycles. The van der Waals surface area contributed by atoms with Gasteiger partial charge in [-0.25, -0.2) is 9.78 Å². The van der Waals surface area contributed by atoms with E-state index in [1.165, 1.54) is 13.0 Å². The average Bonchev–Trinajstić information content (AvgIpc) is 2.42. The van der Waals surface area contributed by atoms with Crippen molar-refractivity contribution in [2.45, 2.75) is 13.1 Å². The van der Waals surface area contributed by atoms with E-state index in [2.05, 4.69) is 15.5 Å². The van der Waals surface area contributed by atoms with E-state index in [0.29, 0.717) is 12.3 Å². The highest BCUT2D eigenvalue weighted by molar-refractivity contribution is 6.32. The summed E-state index contributed by atoms with van der Waals surface area (Å²) < 4.78 is 42.2. The summed E-state index contributed by atoms with van der Waals surface area (Å²) in [6.45, 7) is 1.48. The van der Waals surface area contributed by atoms with Crippen LogP contribution >= 0.6 is 11.6 Å². The second-order valence-corrected chi connectivity index (χ2v) is 4.77. The Bertz CT molecular complexity index is 818. The number of nitrogens with one attached hydrogen (secondary N) is 1. The SMILES string of the molecule is Cc1cc(O)c(/C=N/Nc2ncc(C(F)(F)F)cc2Cl)c(=O)o1. The van der Waals surface area contributed by atoms with Crippen LogP contribution in [0.5, 0.6) is 5.75 Å². The molecule has 0 amide bonds. The lowest BCUT2D eigenvalue weighted by atomic mass is 10.2. The molecule has 2 N–H and O–H groups in total. The van der Waals surface area contributed by atoms with Gasteiger partial charge in [0.15, 0.2) is 5.82 Å². The van der Waals surface area contributed by atoms with Crippen LogP contribution in [0.15, 0.2) is 32.6 Å². The van der Waals surface area contributed by atoms with E-state index in [-0.39, 0.29) is 27.9 Å². The van der Waals surface area contributed by atoms with E-state index in [4.69, 9.17) is 16.0 Å². The molecule has 23 heavy (non-hydrogen) atoms. The molecule has 2 aromatic rings. The van der Waals surface area contributed by atoms with Gasteiger partial charge < -0.3 is 9.52 Å². The Kier molecular flexibility index (Phi) is 4.60. The third-order valence-electron chi connectivity index (χ3n) is 2.62.